The molecule has 4 nitrogen and oxygen atoms in total. The number of hydrogen-bond donors (Lipinski definition) is 2. The third kappa shape index (κ3) is 181. The highest BCUT2D eigenvalue weighted by molar-refractivity contribution is 5.66. The first-order chi connectivity index (χ1) is 5.50. The molecular formula is C8H16O4. The van der Waals surface area contributed by atoms with Gasteiger partial charge in [-0.15, -0.1) is 13.2 Å². The summed E-state index contributed by atoms with van der Waals surface area (Å²) in [4.78, 5) is 18.6. The summed E-state index contributed by atoms with van der Waals surface area (Å²) in [5.41, 5.74) is 0. The van der Waals surface area contributed by atoms with Crippen molar-refractivity contribution in [1.82, 2.24) is 0 Å². The third-order valence-electron chi connectivity index (χ3n) is 0.464. The lowest BCUT2D eigenvalue weighted by atomic mass is 10.4. The van der Waals surface area contributed by atoms with Gasteiger partial charge in [0.15, 0.2) is 0 Å². The second-order valence-electron chi connectivity index (χ2n) is 1.66. The van der Waals surface area contributed by atoms with Crippen LogP contribution in [-0.4, -0.2) is 22.2 Å². The van der Waals surface area contributed by atoms with E-state index in [1.165, 1.54) is 0 Å². The van der Waals surface area contributed by atoms with Crippen LogP contribution in [0.5, 0.6) is 0 Å². The van der Waals surface area contributed by atoms with Crippen molar-refractivity contribution in [2.75, 3.05) is 0 Å². The Hall–Kier alpha value is -1.32. The highest BCUT2D eigenvalue weighted by Crippen LogP contribution is 1.82. The normalized spacial score (nSPS) is 6.50. The Bertz CT molecular complexity index is 116. The van der Waals surface area contributed by atoms with Crippen molar-refractivity contribution >= 4 is 11.9 Å². The summed E-state index contributed by atoms with van der Waals surface area (Å²) < 4.78 is 0. The molecule has 0 rings (SSSR count). The molecule has 0 radical (unpaired) electrons. The van der Waals surface area contributed by atoms with E-state index in [0.717, 1.165) is 13.3 Å². The smallest absolute Gasteiger partial charge is 0.303 e. The maximum Gasteiger partial charge on any atom is 0.303 e. The molecule has 0 heterocycles. The van der Waals surface area contributed by atoms with Gasteiger partial charge in [-0.25, -0.2) is 0 Å². The van der Waals surface area contributed by atoms with E-state index in [-0.39, 0.29) is 0 Å². The molecule has 0 amide bonds. The van der Waals surface area contributed by atoms with Gasteiger partial charge in [-0.1, -0.05) is 6.92 Å². The van der Waals surface area contributed by atoms with Crippen LogP contribution >= 0.6 is 0 Å². The van der Waals surface area contributed by atoms with E-state index in [9.17, 15) is 4.79 Å². The highest BCUT2D eigenvalue weighted by Gasteiger charge is 1.87. The average molecular weight is 176 g/mol. The minimum atomic E-state index is -0.833. The maximum atomic E-state index is 9.60. The van der Waals surface area contributed by atoms with Crippen molar-refractivity contribution in [3.05, 3.63) is 13.2 Å². The topological polar surface area (TPSA) is 74.6 Å². The maximum absolute atomic E-state index is 9.60. The summed E-state index contributed by atoms with van der Waals surface area (Å²) in [5.74, 6) is -1.54. The number of aliphatic carboxylic acids is 2. The molecule has 0 saturated carbocycles. The van der Waals surface area contributed by atoms with Gasteiger partial charge in [-0.3, -0.25) is 9.59 Å². The first kappa shape index (κ1) is 17.0. The van der Waals surface area contributed by atoms with Gasteiger partial charge in [0.05, 0.1) is 0 Å². The first-order valence-electron chi connectivity index (χ1n) is 3.42. The number of hydrogen-bond acceptors (Lipinski definition) is 2. The molecule has 0 aliphatic carbocycles. The minimum Gasteiger partial charge on any atom is -0.481 e. The summed E-state index contributed by atoms with van der Waals surface area (Å²) in [6.45, 7) is 8.92. The Balaban J connectivity index is -0.000000118. The van der Waals surface area contributed by atoms with Gasteiger partial charge in [0.2, 0.25) is 0 Å². The van der Waals surface area contributed by atoms with E-state index in [2.05, 4.69) is 13.2 Å². The summed E-state index contributed by atoms with van der Waals surface area (Å²) in [6.07, 6.45) is 1.02. The summed E-state index contributed by atoms with van der Waals surface area (Å²) >= 11 is 0. The average Bonchev–Trinajstić information content (AvgIpc) is 1.90. The van der Waals surface area contributed by atoms with Gasteiger partial charge >= 0.3 is 5.97 Å². The zero-order valence-corrected chi connectivity index (χ0v) is 7.54. The van der Waals surface area contributed by atoms with Crippen LogP contribution in [0.2, 0.25) is 0 Å². The van der Waals surface area contributed by atoms with Crippen LogP contribution in [0, 0.1) is 0 Å². The molecule has 0 atom stereocenters. The van der Waals surface area contributed by atoms with E-state index in [0.29, 0.717) is 6.42 Å². The molecule has 4 heteroatoms. The Morgan fingerprint density at radius 2 is 1.50 bits per heavy atom. The Kier molecular flexibility index (Phi) is 23.1. The standard InChI is InChI=1S/C4H8O2.C2H4O2.C2H4/c1-2-3-4(5)6;1-2(3)4;1-2/h2-3H2,1H3,(H,5,6);1H3,(H,3,4);1-2H2. The zero-order valence-electron chi connectivity index (χ0n) is 7.54. The van der Waals surface area contributed by atoms with Crippen LogP contribution in [0.25, 0.3) is 0 Å². The molecule has 2 N–H and O–H groups in total. The van der Waals surface area contributed by atoms with E-state index >= 15 is 0 Å². The van der Waals surface area contributed by atoms with Gasteiger partial charge in [-0.05, 0) is 6.42 Å². The number of rotatable bonds is 2. The molecule has 0 aliphatic heterocycles. The lowest BCUT2D eigenvalue weighted by Crippen LogP contribution is -1.90. The van der Waals surface area contributed by atoms with E-state index < -0.39 is 11.9 Å². The van der Waals surface area contributed by atoms with Gasteiger partial charge in [0.25, 0.3) is 5.97 Å². The highest BCUT2D eigenvalue weighted by atomic mass is 16.4. The Morgan fingerprint density at radius 1 is 1.25 bits per heavy atom. The summed E-state index contributed by atoms with van der Waals surface area (Å²) in [5, 5.41) is 15.3. The number of carboxylic acid groups (broad SMARTS) is 2. The second-order valence-corrected chi connectivity index (χ2v) is 1.66. The Labute approximate surface area is 72.5 Å². The molecule has 0 aromatic rings. The number of carboxylic acids is 2. The van der Waals surface area contributed by atoms with E-state index in [4.69, 9.17) is 15.0 Å². The molecule has 0 aromatic heterocycles. The fourth-order valence-electron chi connectivity index (χ4n) is 0.214. The van der Waals surface area contributed by atoms with Crippen LogP contribution in [0.3, 0.4) is 0 Å². The molecule has 12 heavy (non-hydrogen) atoms. The summed E-state index contributed by atoms with van der Waals surface area (Å²) in [6, 6.07) is 0. The van der Waals surface area contributed by atoms with Crippen LogP contribution < -0.4 is 0 Å². The van der Waals surface area contributed by atoms with E-state index in [1.807, 2.05) is 6.92 Å². The lowest BCUT2D eigenvalue weighted by Gasteiger charge is -1.79. The number of carbonyl (C=O) groups is 2. The predicted octanol–water partition coefficient (Wildman–Crippen LogP) is 1.76. The molecule has 0 aromatic carbocycles. The fourth-order valence-corrected chi connectivity index (χ4v) is 0.214. The quantitative estimate of drug-likeness (QED) is 0.629. The lowest BCUT2D eigenvalue weighted by molar-refractivity contribution is -0.137. The van der Waals surface area contributed by atoms with Gasteiger partial charge in [0, 0.05) is 13.3 Å². The Morgan fingerprint density at radius 3 is 1.50 bits per heavy atom. The molecule has 0 bridgehead atoms. The first-order valence-corrected chi connectivity index (χ1v) is 3.42. The van der Waals surface area contributed by atoms with Crippen molar-refractivity contribution in [2.24, 2.45) is 0 Å². The fraction of sp³-hybridized carbons (Fsp3) is 0.500. The predicted molar refractivity (Wildman–Crippen MR) is 47.1 cm³/mol. The van der Waals surface area contributed by atoms with Crippen molar-refractivity contribution in [3.63, 3.8) is 0 Å². The molecule has 0 fully saturated rings. The van der Waals surface area contributed by atoms with Gasteiger partial charge < -0.3 is 10.2 Å². The van der Waals surface area contributed by atoms with Crippen LogP contribution in [0.4, 0.5) is 0 Å². The van der Waals surface area contributed by atoms with Crippen LogP contribution in [0.1, 0.15) is 26.7 Å². The SMILES string of the molecule is C=C.CC(=O)O.CCCC(=O)O. The summed E-state index contributed by atoms with van der Waals surface area (Å²) in [7, 11) is 0. The minimum absolute atomic E-state index is 0.292. The molecule has 0 unspecified atom stereocenters. The zero-order chi connectivity index (χ0) is 10.6. The second kappa shape index (κ2) is 16.3. The molecule has 0 aliphatic rings. The van der Waals surface area contributed by atoms with Crippen LogP contribution in [0.15, 0.2) is 13.2 Å². The van der Waals surface area contributed by atoms with Crippen molar-refractivity contribution in [3.8, 4) is 0 Å². The molecule has 0 spiro atoms. The van der Waals surface area contributed by atoms with Gasteiger partial charge in [-0.2, -0.15) is 0 Å². The van der Waals surface area contributed by atoms with Crippen molar-refractivity contribution in [1.29, 1.82) is 0 Å². The third-order valence-corrected chi connectivity index (χ3v) is 0.464. The van der Waals surface area contributed by atoms with E-state index in [1.54, 1.807) is 0 Å². The molecule has 72 valence electrons. The van der Waals surface area contributed by atoms with Crippen molar-refractivity contribution in [2.45, 2.75) is 26.7 Å². The van der Waals surface area contributed by atoms with Crippen molar-refractivity contribution < 1.29 is 19.8 Å². The largest absolute Gasteiger partial charge is 0.481 e. The van der Waals surface area contributed by atoms with Crippen LogP contribution in [-0.2, 0) is 9.59 Å². The molecule has 0 saturated heterocycles. The monoisotopic (exact) mass is 176 g/mol. The molecular weight excluding hydrogens is 160 g/mol. The van der Waals surface area contributed by atoms with Gasteiger partial charge in [0.1, 0.15) is 0 Å².